The average Bonchev–Trinajstić information content (AvgIpc) is 2.04. The zero-order valence-corrected chi connectivity index (χ0v) is 7.23. The maximum Gasteiger partial charge on any atom is 0.229 e. The first kappa shape index (κ1) is 10.7. The third kappa shape index (κ3) is 7.64. The van der Waals surface area contributed by atoms with Crippen molar-refractivity contribution in [3.05, 3.63) is 0 Å². The summed E-state index contributed by atoms with van der Waals surface area (Å²) in [5.41, 5.74) is 0. The molecule has 0 heterocycles. The molecular weight excluding hydrogens is 164 g/mol. The molecule has 0 rings (SSSR count). The van der Waals surface area contributed by atoms with Gasteiger partial charge in [0.25, 0.3) is 0 Å². The van der Waals surface area contributed by atoms with Gasteiger partial charge in [0, 0.05) is 19.6 Å². The summed E-state index contributed by atoms with van der Waals surface area (Å²) >= 11 is 3.79. The number of hydrogen-bond donors (Lipinski definition) is 4. The standard InChI is InChI=1S/C6H14N2O2S/c9-4-3-7-1-2-8-6(10)5-11/h7,9,11H,1-5H2,(H,8,10). The van der Waals surface area contributed by atoms with E-state index in [0.29, 0.717) is 19.6 Å². The first-order valence-electron chi connectivity index (χ1n) is 3.50. The molecule has 0 bridgehead atoms. The highest BCUT2D eigenvalue weighted by atomic mass is 32.1. The fourth-order valence-electron chi connectivity index (χ4n) is 0.550. The van der Waals surface area contributed by atoms with Gasteiger partial charge in [-0.3, -0.25) is 4.79 Å². The van der Waals surface area contributed by atoms with Crippen LogP contribution in [0.4, 0.5) is 0 Å². The predicted octanol–water partition coefficient (Wildman–Crippen LogP) is -1.39. The molecule has 0 spiro atoms. The van der Waals surface area contributed by atoms with Crippen LogP contribution < -0.4 is 10.6 Å². The molecule has 0 saturated heterocycles. The Morgan fingerprint density at radius 2 is 2.09 bits per heavy atom. The highest BCUT2D eigenvalue weighted by Crippen LogP contribution is 1.71. The average molecular weight is 178 g/mol. The molecule has 0 aliphatic rings. The number of nitrogens with one attached hydrogen (secondary N) is 2. The van der Waals surface area contributed by atoms with Gasteiger partial charge in [-0.05, 0) is 0 Å². The number of rotatable bonds is 6. The second-order valence-electron chi connectivity index (χ2n) is 1.98. The normalized spacial score (nSPS) is 9.64. The van der Waals surface area contributed by atoms with Crippen molar-refractivity contribution in [2.24, 2.45) is 0 Å². The molecule has 0 atom stereocenters. The number of aliphatic hydroxyl groups excluding tert-OH is 1. The molecule has 0 aromatic heterocycles. The summed E-state index contributed by atoms with van der Waals surface area (Å²) in [5, 5.41) is 13.9. The summed E-state index contributed by atoms with van der Waals surface area (Å²) in [6, 6.07) is 0. The van der Waals surface area contributed by atoms with Gasteiger partial charge in [-0.25, -0.2) is 0 Å². The summed E-state index contributed by atoms with van der Waals surface area (Å²) in [4.78, 5) is 10.6. The van der Waals surface area contributed by atoms with Crippen LogP contribution in [-0.4, -0.2) is 43.0 Å². The quantitative estimate of drug-likeness (QED) is 0.299. The number of hydrogen-bond acceptors (Lipinski definition) is 4. The van der Waals surface area contributed by atoms with Gasteiger partial charge in [-0.1, -0.05) is 0 Å². The topological polar surface area (TPSA) is 61.4 Å². The fourth-order valence-corrected chi connectivity index (χ4v) is 0.662. The lowest BCUT2D eigenvalue weighted by Crippen LogP contribution is -2.33. The van der Waals surface area contributed by atoms with Crippen LogP contribution in [0.5, 0.6) is 0 Å². The van der Waals surface area contributed by atoms with Crippen LogP contribution >= 0.6 is 12.6 Å². The maximum atomic E-state index is 10.6. The minimum absolute atomic E-state index is 0.0702. The molecule has 0 saturated carbocycles. The van der Waals surface area contributed by atoms with Crippen LogP contribution in [0.1, 0.15) is 0 Å². The number of carbonyl (C=O) groups excluding carboxylic acids is 1. The van der Waals surface area contributed by atoms with Gasteiger partial charge >= 0.3 is 0 Å². The number of amides is 1. The van der Waals surface area contributed by atoms with Crippen LogP contribution in [0.15, 0.2) is 0 Å². The molecule has 3 N–H and O–H groups in total. The second-order valence-corrected chi connectivity index (χ2v) is 2.30. The van der Waals surface area contributed by atoms with Crippen LogP contribution in [0.2, 0.25) is 0 Å². The van der Waals surface area contributed by atoms with Crippen molar-refractivity contribution in [1.29, 1.82) is 0 Å². The lowest BCUT2D eigenvalue weighted by Gasteiger charge is -2.03. The van der Waals surface area contributed by atoms with Gasteiger partial charge in [0.15, 0.2) is 0 Å². The third-order valence-electron chi connectivity index (χ3n) is 1.06. The minimum Gasteiger partial charge on any atom is -0.395 e. The molecule has 5 heteroatoms. The smallest absolute Gasteiger partial charge is 0.229 e. The third-order valence-corrected chi connectivity index (χ3v) is 1.34. The first-order valence-corrected chi connectivity index (χ1v) is 4.13. The van der Waals surface area contributed by atoms with Crippen LogP contribution in [0.25, 0.3) is 0 Å². The number of carbonyl (C=O) groups is 1. The van der Waals surface area contributed by atoms with Crippen molar-refractivity contribution in [1.82, 2.24) is 10.6 Å². The van der Waals surface area contributed by atoms with Gasteiger partial charge in [-0.15, -0.1) is 0 Å². The molecule has 0 aliphatic carbocycles. The van der Waals surface area contributed by atoms with E-state index in [1.165, 1.54) is 0 Å². The highest BCUT2D eigenvalue weighted by molar-refractivity contribution is 7.81. The van der Waals surface area contributed by atoms with E-state index in [4.69, 9.17) is 5.11 Å². The Bertz CT molecular complexity index is 111. The van der Waals surface area contributed by atoms with E-state index in [1.54, 1.807) is 0 Å². The van der Waals surface area contributed by atoms with E-state index in [9.17, 15) is 4.79 Å². The predicted molar refractivity (Wildman–Crippen MR) is 46.8 cm³/mol. The molecule has 11 heavy (non-hydrogen) atoms. The Hall–Kier alpha value is -0.260. The number of aliphatic hydroxyl groups is 1. The van der Waals surface area contributed by atoms with Crippen molar-refractivity contribution in [3.8, 4) is 0 Å². The van der Waals surface area contributed by atoms with Crippen LogP contribution in [0.3, 0.4) is 0 Å². The van der Waals surface area contributed by atoms with Crippen molar-refractivity contribution in [2.75, 3.05) is 32.0 Å². The van der Waals surface area contributed by atoms with E-state index in [1.807, 2.05) is 0 Å². The Labute approximate surface area is 71.8 Å². The van der Waals surface area contributed by atoms with Gasteiger partial charge in [0.05, 0.1) is 12.4 Å². The SMILES string of the molecule is O=C(CS)NCCNCCO. The molecule has 0 aromatic rings. The van der Waals surface area contributed by atoms with E-state index >= 15 is 0 Å². The highest BCUT2D eigenvalue weighted by Gasteiger charge is 1.93. The molecule has 1 amide bonds. The monoisotopic (exact) mass is 178 g/mol. The van der Waals surface area contributed by atoms with E-state index in [0.717, 1.165) is 0 Å². The molecule has 0 unspecified atom stereocenters. The summed E-state index contributed by atoms with van der Waals surface area (Å²) in [6.07, 6.45) is 0. The van der Waals surface area contributed by atoms with Gasteiger partial charge in [-0.2, -0.15) is 12.6 Å². The molecular formula is C6H14N2O2S. The first-order chi connectivity index (χ1) is 5.31. The van der Waals surface area contributed by atoms with Crippen molar-refractivity contribution >= 4 is 18.5 Å². The molecule has 0 aliphatic heterocycles. The largest absolute Gasteiger partial charge is 0.395 e. The Balaban J connectivity index is 2.95. The Morgan fingerprint density at radius 1 is 1.36 bits per heavy atom. The van der Waals surface area contributed by atoms with Gasteiger partial charge < -0.3 is 15.7 Å². The van der Waals surface area contributed by atoms with E-state index in [2.05, 4.69) is 23.3 Å². The molecule has 0 fully saturated rings. The van der Waals surface area contributed by atoms with Gasteiger partial charge in [0.2, 0.25) is 5.91 Å². The molecule has 4 nitrogen and oxygen atoms in total. The summed E-state index contributed by atoms with van der Waals surface area (Å²) < 4.78 is 0. The number of thiol groups is 1. The second kappa shape index (κ2) is 7.84. The lowest BCUT2D eigenvalue weighted by molar-refractivity contribution is -0.118. The summed E-state index contributed by atoms with van der Waals surface area (Å²) in [7, 11) is 0. The van der Waals surface area contributed by atoms with Gasteiger partial charge in [0.1, 0.15) is 0 Å². The zero-order chi connectivity index (χ0) is 8.53. The Morgan fingerprint density at radius 3 is 2.64 bits per heavy atom. The van der Waals surface area contributed by atoms with Crippen molar-refractivity contribution in [3.63, 3.8) is 0 Å². The lowest BCUT2D eigenvalue weighted by atomic mass is 10.5. The van der Waals surface area contributed by atoms with Crippen LogP contribution in [0, 0.1) is 0 Å². The maximum absolute atomic E-state index is 10.6. The molecule has 0 radical (unpaired) electrons. The zero-order valence-electron chi connectivity index (χ0n) is 6.34. The summed E-state index contributed by atoms with van der Waals surface area (Å²) in [5.74, 6) is 0.152. The van der Waals surface area contributed by atoms with Crippen molar-refractivity contribution in [2.45, 2.75) is 0 Å². The molecule has 0 aromatic carbocycles. The fraction of sp³-hybridized carbons (Fsp3) is 0.833. The van der Waals surface area contributed by atoms with E-state index < -0.39 is 0 Å². The Kier molecular flexibility index (Phi) is 7.66. The molecule has 66 valence electrons. The van der Waals surface area contributed by atoms with Crippen LogP contribution in [-0.2, 0) is 4.79 Å². The van der Waals surface area contributed by atoms with Crippen molar-refractivity contribution < 1.29 is 9.90 Å². The summed E-state index contributed by atoms with van der Waals surface area (Å²) in [6.45, 7) is 1.96. The van der Waals surface area contributed by atoms with E-state index in [-0.39, 0.29) is 18.3 Å². The minimum atomic E-state index is -0.0702.